The molecule has 0 atom stereocenters. The van der Waals surface area contributed by atoms with Crippen LogP contribution in [0.4, 0.5) is 0 Å². The van der Waals surface area contributed by atoms with Crippen LogP contribution in [-0.2, 0) is 18.9 Å². The fourth-order valence-electron chi connectivity index (χ4n) is 2.51. The molecule has 3 aliphatic rings. The highest BCUT2D eigenvalue weighted by Crippen LogP contribution is 2.42. The van der Waals surface area contributed by atoms with Gasteiger partial charge in [-0.05, 0) is 12.1 Å². The summed E-state index contributed by atoms with van der Waals surface area (Å²) in [5.41, 5.74) is 0.140. The molecule has 0 N–H and O–H groups in total. The fourth-order valence-corrected chi connectivity index (χ4v) is 2.51. The minimum absolute atomic E-state index is 0.114. The summed E-state index contributed by atoms with van der Waals surface area (Å²) < 4.78 is 22.6. The van der Waals surface area contributed by atoms with Gasteiger partial charge in [-0.1, -0.05) is 32.0 Å². The Labute approximate surface area is 124 Å². The number of hydrogen-bond acceptors (Lipinski definition) is 5. The second-order valence-electron chi connectivity index (χ2n) is 6.07. The first kappa shape index (κ1) is 14.5. The third kappa shape index (κ3) is 2.69. The van der Waals surface area contributed by atoms with Crippen LogP contribution in [-0.4, -0.2) is 38.4 Å². The van der Waals surface area contributed by atoms with Gasteiger partial charge in [-0.25, -0.2) is 4.79 Å². The van der Waals surface area contributed by atoms with Crippen LogP contribution in [0.5, 0.6) is 0 Å². The molecule has 3 heterocycles. The number of hydrogen-bond donors (Lipinski definition) is 0. The van der Waals surface area contributed by atoms with Gasteiger partial charge in [-0.2, -0.15) is 0 Å². The van der Waals surface area contributed by atoms with E-state index in [4.69, 9.17) is 18.9 Å². The van der Waals surface area contributed by atoms with E-state index in [0.717, 1.165) is 0 Å². The van der Waals surface area contributed by atoms with Crippen molar-refractivity contribution >= 4 is 5.97 Å². The Bertz CT molecular complexity index is 486. The van der Waals surface area contributed by atoms with Crippen molar-refractivity contribution in [1.29, 1.82) is 0 Å². The van der Waals surface area contributed by atoms with Crippen LogP contribution in [0.1, 0.15) is 24.2 Å². The Morgan fingerprint density at radius 2 is 1.71 bits per heavy atom. The summed E-state index contributed by atoms with van der Waals surface area (Å²) in [6, 6.07) is 8.94. The molecule has 4 rings (SSSR count). The maximum atomic E-state index is 12.0. The van der Waals surface area contributed by atoms with Gasteiger partial charge in [0.2, 0.25) is 0 Å². The van der Waals surface area contributed by atoms with Crippen LogP contribution in [0.2, 0.25) is 0 Å². The molecule has 3 aliphatic heterocycles. The molecule has 21 heavy (non-hydrogen) atoms. The number of fused-ring (bicyclic) bond motifs is 3. The molecule has 0 saturated carbocycles. The van der Waals surface area contributed by atoms with E-state index in [9.17, 15) is 4.79 Å². The van der Waals surface area contributed by atoms with Gasteiger partial charge in [0.1, 0.15) is 6.61 Å². The second-order valence-corrected chi connectivity index (χ2v) is 6.07. The number of rotatable bonds is 4. The second kappa shape index (κ2) is 5.40. The van der Waals surface area contributed by atoms with Gasteiger partial charge in [0.05, 0.1) is 30.8 Å². The van der Waals surface area contributed by atoms with E-state index in [2.05, 4.69) is 0 Å². The summed E-state index contributed by atoms with van der Waals surface area (Å²) >= 11 is 0. The highest BCUT2D eigenvalue weighted by molar-refractivity contribution is 5.89. The maximum absolute atomic E-state index is 12.0. The Morgan fingerprint density at radius 1 is 1.14 bits per heavy atom. The summed E-state index contributed by atoms with van der Waals surface area (Å²) in [5.74, 6) is -1.15. The lowest BCUT2D eigenvalue weighted by molar-refractivity contribution is -0.484. The molecule has 5 heteroatoms. The molecule has 0 unspecified atom stereocenters. The van der Waals surface area contributed by atoms with Crippen LogP contribution in [0, 0.1) is 11.3 Å². The van der Waals surface area contributed by atoms with Crippen molar-refractivity contribution in [1.82, 2.24) is 0 Å². The zero-order chi connectivity index (χ0) is 14.9. The summed E-state index contributed by atoms with van der Waals surface area (Å²) in [5, 5.41) is 0. The van der Waals surface area contributed by atoms with E-state index in [1.165, 1.54) is 0 Å². The van der Waals surface area contributed by atoms with E-state index in [1.54, 1.807) is 12.1 Å². The Morgan fingerprint density at radius 3 is 2.24 bits per heavy atom. The normalized spacial score (nSPS) is 31.4. The van der Waals surface area contributed by atoms with Gasteiger partial charge in [0.15, 0.2) is 0 Å². The van der Waals surface area contributed by atoms with Gasteiger partial charge in [-0.15, -0.1) is 0 Å². The van der Waals surface area contributed by atoms with Crippen molar-refractivity contribution in [3.63, 3.8) is 0 Å². The average Bonchev–Trinajstić information content (AvgIpc) is 2.55. The molecule has 3 saturated heterocycles. The van der Waals surface area contributed by atoms with Crippen molar-refractivity contribution in [2.75, 3.05) is 26.4 Å². The molecular formula is C16H20O5. The molecule has 0 spiro atoms. The molecular weight excluding hydrogens is 272 g/mol. The van der Waals surface area contributed by atoms with Crippen molar-refractivity contribution in [3.8, 4) is 0 Å². The molecule has 1 aromatic rings. The Balaban J connectivity index is 1.59. The molecule has 0 aliphatic carbocycles. The first-order valence-corrected chi connectivity index (χ1v) is 7.19. The van der Waals surface area contributed by atoms with E-state index in [0.29, 0.717) is 25.4 Å². The molecule has 0 radical (unpaired) electrons. The van der Waals surface area contributed by atoms with Crippen molar-refractivity contribution in [2.45, 2.75) is 19.8 Å². The fraction of sp³-hybridized carbons (Fsp3) is 0.562. The summed E-state index contributed by atoms with van der Waals surface area (Å²) in [6.07, 6.45) is 0. The number of esters is 1. The third-order valence-corrected chi connectivity index (χ3v) is 3.96. The van der Waals surface area contributed by atoms with Crippen LogP contribution < -0.4 is 0 Å². The van der Waals surface area contributed by atoms with Gasteiger partial charge in [0, 0.05) is 5.92 Å². The van der Waals surface area contributed by atoms with E-state index in [-0.39, 0.29) is 18.5 Å². The van der Waals surface area contributed by atoms with Crippen molar-refractivity contribution in [3.05, 3.63) is 35.9 Å². The molecule has 114 valence electrons. The molecule has 0 amide bonds. The summed E-state index contributed by atoms with van der Waals surface area (Å²) in [7, 11) is 0. The number of carbonyl (C=O) groups is 1. The van der Waals surface area contributed by atoms with Crippen LogP contribution >= 0.6 is 0 Å². The first-order valence-electron chi connectivity index (χ1n) is 7.19. The number of benzene rings is 1. The van der Waals surface area contributed by atoms with Gasteiger partial charge < -0.3 is 18.9 Å². The minimum atomic E-state index is -0.925. The lowest BCUT2D eigenvalue weighted by atomic mass is 9.89. The molecule has 3 fully saturated rings. The standard InChI is InChI=1S/C16H20O5/c1-12(2)16-19-9-15(10-20-16,11-21-16)8-18-14(17)13-6-4-3-5-7-13/h3-7,12H,8-11H2,1-2H3. The lowest BCUT2D eigenvalue weighted by Gasteiger charge is -2.52. The Hall–Kier alpha value is -1.43. The predicted octanol–water partition coefficient (Wildman–Crippen LogP) is 2.22. The number of ether oxygens (including phenoxy) is 4. The van der Waals surface area contributed by atoms with Gasteiger partial charge in [0.25, 0.3) is 5.97 Å². The topological polar surface area (TPSA) is 54.0 Å². The highest BCUT2D eigenvalue weighted by atomic mass is 16.9. The van der Waals surface area contributed by atoms with Crippen LogP contribution in [0.15, 0.2) is 30.3 Å². The van der Waals surface area contributed by atoms with Crippen molar-refractivity contribution in [2.24, 2.45) is 11.3 Å². The number of carbonyl (C=O) groups excluding carboxylic acids is 1. The van der Waals surface area contributed by atoms with Gasteiger partial charge >= 0.3 is 5.97 Å². The summed E-state index contributed by atoms with van der Waals surface area (Å²) in [6.45, 7) is 5.66. The third-order valence-electron chi connectivity index (χ3n) is 3.96. The largest absolute Gasteiger partial charge is 0.461 e. The Kier molecular flexibility index (Phi) is 3.73. The highest BCUT2D eigenvalue weighted by Gasteiger charge is 2.54. The minimum Gasteiger partial charge on any atom is -0.461 e. The SMILES string of the molecule is CC(C)C12OCC(COC(=O)c3ccccc3)(CO1)CO2. The lowest BCUT2D eigenvalue weighted by Crippen LogP contribution is -2.63. The first-order chi connectivity index (χ1) is 10.1. The quantitative estimate of drug-likeness (QED) is 0.796. The molecule has 1 aromatic carbocycles. The molecule has 5 nitrogen and oxygen atoms in total. The average molecular weight is 292 g/mol. The van der Waals surface area contributed by atoms with Crippen LogP contribution in [0.3, 0.4) is 0 Å². The van der Waals surface area contributed by atoms with Crippen LogP contribution in [0.25, 0.3) is 0 Å². The summed E-state index contributed by atoms with van der Waals surface area (Å²) in [4.78, 5) is 12.0. The molecule has 2 bridgehead atoms. The smallest absolute Gasteiger partial charge is 0.338 e. The molecule has 0 aromatic heterocycles. The van der Waals surface area contributed by atoms with Gasteiger partial charge in [-0.3, -0.25) is 0 Å². The zero-order valence-corrected chi connectivity index (χ0v) is 12.3. The van der Waals surface area contributed by atoms with Crippen molar-refractivity contribution < 1.29 is 23.7 Å². The van der Waals surface area contributed by atoms with E-state index in [1.807, 2.05) is 32.0 Å². The van der Waals surface area contributed by atoms with E-state index < -0.39 is 11.4 Å². The van der Waals surface area contributed by atoms with E-state index >= 15 is 0 Å². The maximum Gasteiger partial charge on any atom is 0.338 e. The predicted molar refractivity (Wildman–Crippen MR) is 74.6 cm³/mol. The monoisotopic (exact) mass is 292 g/mol. The zero-order valence-electron chi connectivity index (χ0n) is 12.3.